The summed E-state index contributed by atoms with van der Waals surface area (Å²) in [6.45, 7) is 6.83. The number of ether oxygens (including phenoxy) is 1. The highest BCUT2D eigenvalue weighted by atomic mass is 19.1. The van der Waals surface area contributed by atoms with Crippen LogP contribution < -0.4 is 10.2 Å². The second kappa shape index (κ2) is 8.44. The van der Waals surface area contributed by atoms with Crippen molar-refractivity contribution in [2.75, 3.05) is 44.4 Å². The van der Waals surface area contributed by atoms with Gasteiger partial charge in [-0.1, -0.05) is 13.8 Å². The summed E-state index contributed by atoms with van der Waals surface area (Å²) in [4.78, 5) is 14.2. The normalized spacial score (nSPS) is 15.4. The van der Waals surface area contributed by atoms with Crippen LogP contribution >= 0.6 is 0 Å². The molecule has 24 heavy (non-hydrogen) atoms. The number of hydrogen-bond acceptors (Lipinski definition) is 4. The quantitative estimate of drug-likeness (QED) is 0.800. The molecule has 1 saturated heterocycles. The molecule has 0 spiro atoms. The van der Waals surface area contributed by atoms with Crippen LogP contribution in [0.25, 0.3) is 0 Å². The van der Waals surface area contributed by atoms with E-state index < -0.39 is 5.82 Å². The number of nitrogens with one attached hydrogen (secondary N) is 1. The van der Waals surface area contributed by atoms with E-state index in [0.717, 1.165) is 12.8 Å². The molecule has 6 heteroatoms. The van der Waals surface area contributed by atoms with Crippen LogP contribution in [0.15, 0.2) is 18.2 Å². The van der Waals surface area contributed by atoms with Crippen molar-refractivity contribution >= 4 is 11.6 Å². The fraction of sp³-hybridized carbons (Fsp3) is 0.611. The molecule has 0 radical (unpaired) electrons. The third-order valence-electron chi connectivity index (χ3n) is 5.02. The zero-order valence-electron chi connectivity index (χ0n) is 14.5. The first-order valence-electron chi connectivity index (χ1n) is 8.56. The first-order valence-corrected chi connectivity index (χ1v) is 8.56. The number of hydrogen-bond donors (Lipinski definition) is 2. The maximum absolute atomic E-state index is 14.4. The van der Waals surface area contributed by atoms with Crippen LogP contribution in [0.3, 0.4) is 0 Å². The van der Waals surface area contributed by atoms with Gasteiger partial charge in [-0.05, 0) is 31.0 Å². The van der Waals surface area contributed by atoms with Gasteiger partial charge in [-0.15, -0.1) is 0 Å². The zero-order chi connectivity index (χ0) is 17.6. The van der Waals surface area contributed by atoms with Gasteiger partial charge in [0.2, 0.25) is 0 Å². The number of amides is 1. The molecular weight excluding hydrogens is 311 g/mol. The van der Waals surface area contributed by atoms with Crippen molar-refractivity contribution in [3.05, 3.63) is 29.6 Å². The summed E-state index contributed by atoms with van der Waals surface area (Å²) in [7, 11) is 0. The largest absolute Gasteiger partial charge is 0.396 e. The molecule has 2 rings (SSSR count). The minimum absolute atomic E-state index is 0.0185. The summed E-state index contributed by atoms with van der Waals surface area (Å²) in [6.07, 6.45) is 1.54. The average Bonchev–Trinajstić information content (AvgIpc) is 2.63. The lowest BCUT2D eigenvalue weighted by Gasteiger charge is -2.30. The molecule has 2 N–H and O–H groups in total. The van der Waals surface area contributed by atoms with E-state index >= 15 is 0 Å². The Balaban J connectivity index is 2.03. The molecule has 1 fully saturated rings. The second-order valence-electron chi connectivity index (χ2n) is 6.31. The first-order chi connectivity index (χ1) is 11.5. The molecule has 0 unspecified atom stereocenters. The van der Waals surface area contributed by atoms with E-state index in [2.05, 4.69) is 5.32 Å². The molecule has 1 aromatic rings. The van der Waals surface area contributed by atoms with E-state index in [0.29, 0.717) is 44.1 Å². The van der Waals surface area contributed by atoms with Gasteiger partial charge in [-0.25, -0.2) is 4.39 Å². The average molecular weight is 338 g/mol. The van der Waals surface area contributed by atoms with Gasteiger partial charge in [0, 0.05) is 30.6 Å². The van der Waals surface area contributed by atoms with Gasteiger partial charge in [0.25, 0.3) is 5.91 Å². The molecule has 0 saturated carbocycles. The van der Waals surface area contributed by atoms with E-state index in [4.69, 9.17) is 4.74 Å². The lowest BCUT2D eigenvalue weighted by atomic mass is 9.83. The van der Waals surface area contributed by atoms with Crippen molar-refractivity contribution in [2.45, 2.75) is 26.7 Å². The van der Waals surface area contributed by atoms with Crippen LogP contribution in [-0.2, 0) is 4.74 Å². The molecule has 1 amide bonds. The number of carbonyl (C=O) groups excluding carboxylic acids is 1. The Labute approximate surface area is 142 Å². The Morgan fingerprint density at radius 2 is 2.00 bits per heavy atom. The van der Waals surface area contributed by atoms with Crippen molar-refractivity contribution < 1.29 is 19.0 Å². The predicted octanol–water partition coefficient (Wildman–Crippen LogP) is 2.19. The highest BCUT2D eigenvalue weighted by Gasteiger charge is 2.26. The number of anilines is 1. The number of carbonyl (C=O) groups is 1. The lowest BCUT2D eigenvalue weighted by Crippen LogP contribution is -2.39. The molecule has 1 aromatic carbocycles. The van der Waals surface area contributed by atoms with Crippen LogP contribution in [0.4, 0.5) is 10.1 Å². The Morgan fingerprint density at radius 3 is 2.54 bits per heavy atom. The zero-order valence-corrected chi connectivity index (χ0v) is 14.5. The van der Waals surface area contributed by atoms with Crippen LogP contribution in [-0.4, -0.2) is 50.5 Å². The predicted molar refractivity (Wildman–Crippen MR) is 91.9 cm³/mol. The lowest BCUT2D eigenvalue weighted by molar-refractivity contribution is 0.0850. The molecule has 0 bridgehead atoms. The third kappa shape index (κ3) is 4.24. The van der Waals surface area contributed by atoms with Crippen LogP contribution in [0, 0.1) is 11.2 Å². The van der Waals surface area contributed by atoms with Crippen LogP contribution in [0.1, 0.15) is 37.0 Å². The van der Waals surface area contributed by atoms with Crippen molar-refractivity contribution in [3.63, 3.8) is 0 Å². The summed E-state index contributed by atoms with van der Waals surface area (Å²) in [5.74, 6) is -0.717. The summed E-state index contributed by atoms with van der Waals surface area (Å²) in [5.41, 5.74) is 0.479. The minimum atomic E-state index is -0.399. The van der Waals surface area contributed by atoms with Gasteiger partial charge in [-0.2, -0.15) is 0 Å². The van der Waals surface area contributed by atoms with Gasteiger partial charge in [0.05, 0.1) is 25.5 Å². The summed E-state index contributed by atoms with van der Waals surface area (Å²) < 4.78 is 19.6. The maximum Gasteiger partial charge on any atom is 0.251 e. The molecule has 1 heterocycles. The van der Waals surface area contributed by atoms with Crippen molar-refractivity contribution in [3.8, 4) is 0 Å². The van der Waals surface area contributed by atoms with Gasteiger partial charge in [0.15, 0.2) is 0 Å². The molecule has 5 nitrogen and oxygen atoms in total. The van der Waals surface area contributed by atoms with Gasteiger partial charge >= 0.3 is 0 Å². The highest BCUT2D eigenvalue weighted by molar-refractivity contribution is 5.94. The molecule has 1 aliphatic rings. The minimum Gasteiger partial charge on any atom is -0.396 e. The highest BCUT2D eigenvalue weighted by Crippen LogP contribution is 2.25. The Kier molecular flexibility index (Phi) is 6.57. The molecule has 0 aliphatic carbocycles. The van der Waals surface area contributed by atoms with E-state index in [9.17, 15) is 14.3 Å². The van der Waals surface area contributed by atoms with Crippen molar-refractivity contribution in [1.82, 2.24) is 5.32 Å². The van der Waals surface area contributed by atoms with Gasteiger partial charge < -0.3 is 20.1 Å². The van der Waals surface area contributed by atoms with Crippen LogP contribution in [0.2, 0.25) is 0 Å². The standard InChI is InChI=1S/C18H27FN2O3/c1-3-18(4-2,13-22)12-20-17(23)14-5-6-16(15(19)11-14)21-7-9-24-10-8-21/h5-6,11,22H,3-4,7-10,12-13H2,1-2H3,(H,20,23). The number of aliphatic hydroxyl groups is 1. The molecule has 0 aromatic heterocycles. The number of nitrogens with zero attached hydrogens (tertiary/aromatic N) is 1. The van der Waals surface area contributed by atoms with Crippen LogP contribution in [0.5, 0.6) is 0 Å². The summed E-state index contributed by atoms with van der Waals surface area (Å²) in [5, 5.41) is 12.4. The number of benzene rings is 1. The number of aliphatic hydroxyl groups excluding tert-OH is 1. The van der Waals surface area contributed by atoms with E-state index in [1.807, 2.05) is 18.7 Å². The van der Waals surface area contributed by atoms with Gasteiger partial charge in [0.1, 0.15) is 5.82 Å². The maximum atomic E-state index is 14.4. The topological polar surface area (TPSA) is 61.8 Å². The fourth-order valence-electron chi connectivity index (χ4n) is 2.86. The Morgan fingerprint density at radius 1 is 1.33 bits per heavy atom. The first kappa shape index (κ1) is 18.7. The molecular formula is C18H27FN2O3. The van der Waals surface area contributed by atoms with E-state index in [-0.39, 0.29) is 17.9 Å². The summed E-state index contributed by atoms with van der Waals surface area (Å²) >= 11 is 0. The SMILES string of the molecule is CCC(CC)(CO)CNC(=O)c1ccc(N2CCOCC2)c(F)c1. The number of halogens is 1. The smallest absolute Gasteiger partial charge is 0.251 e. The summed E-state index contributed by atoms with van der Waals surface area (Å²) in [6, 6.07) is 4.56. The molecule has 0 atom stereocenters. The second-order valence-corrected chi connectivity index (χ2v) is 6.31. The fourth-order valence-corrected chi connectivity index (χ4v) is 2.86. The number of morpholine rings is 1. The number of rotatable bonds is 7. The Hall–Kier alpha value is -1.66. The Bertz CT molecular complexity index is 547. The third-order valence-corrected chi connectivity index (χ3v) is 5.02. The van der Waals surface area contributed by atoms with Gasteiger partial charge in [-0.3, -0.25) is 4.79 Å². The van der Waals surface area contributed by atoms with Crippen molar-refractivity contribution in [1.29, 1.82) is 0 Å². The van der Waals surface area contributed by atoms with Crippen molar-refractivity contribution in [2.24, 2.45) is 5.41 Å². The molecule has 134 valence electrons. The van der Waals surface area contributed by atoms with E-state index in [1.54, 1.807) is 12.1 Å². The van der Waals surface area contributed by atoms with E-state index in [1.165, 1.54) is 6.07 Å². The molecule has 1 aliphatic heterocycles. The monoisotopic (exact) mass is 338 g/mol.